The van der Waals surface area contributed by atoms with Crippen molar-refractivity contribution in [1.82, 2.24) is 25.0 Å². The molecule has 0 spiro atoms. The van der Waals surface area contributed by atoms with Gasteiger partial charge < -0.3 is 10.2 Å². The van der Waals surface area contributed by atoms with Crippen LogP contribution < -0.4 is 5.32 Å². The predicted molar refractivity (Wildman–Crippen MR) is 116 cm³/mol. The Morgan fingerprint density at radius 1 is 1.13 bits per heavy atom. The van der Waals surface area contributed by atoms with Crippen molar-refractivity contribution in [3.63, 3.8) is 0 Å². The van der Waals surface area contributed by atoms with Crippen LogP contribution in [0.5, 0.6) is 0 Å². The summed E-state index contributed by atoms with van der Waals surface area (Å²) in [6.45, 7) is 4.42. The third kappa shape index (κ3) is 4.09. The Bertz CT molecular complexity index is 1130. The van der Waals surface area contributed by atoms with Gasteiger partial charge in [-0.25, -0.2) is 4.79 Å². The molecule has 3 aromatic rings. The van der Waals surface area contributed by atoms with E-state index in [1.165, 1.54) is 0 Å². The molecule has 156 valence electrons. The largest absolute Gasteiger partial charge is 0.334 e. The molecule has 0 saturated heterocycles. The van der Waals surface area contributed by atoms with Crippen LogP contribution in [0.1, 0.15) is 30.0 Å². The number of amides is 2. The van der Waals surface area contributed by atoms with Crippen LogP contribution in [0.3, 0.4) is 0 Å². The van der Waals surface area contributed by atoms with E-state index in [0.29, 0.717) is 29.4 Å². The maximum Gasteiger partial charge on any atom is 0.318 e. The number of pyridine rings is 1. The van der Waals surface area contributed by atoms with E-state index in [1.807, 2.05) is 36.5 Å². The number of aryl methyl sites for hydroxylation is 1. The molecule has 8 heteroatoms. The quantitative estimate of drug-likeness (QED) is 0.618. The van der Waals surface area contributed by atoms with Gasteiger partial charge in [-0.2, -0.15) is 5.10 Å². The van der Waals surface area contributed by atoms with Crippen molar-refractivity contribution in [2.24, 2.45) is 0 Å². The summed E-state index contributed by atoms with van der Waals surface area (Å²) >= 11 is 0. The molecule has 0 aliphatic carbocycles. The van der Waals surface area contributed by atoms with Gasteiger partial charge in [0.25, 0.3) is 0 Å². The summed E-state index contributed by atoms with van der Waals surface area (Å²) < 4.78 is 15.0. The maximum atomic E-state index is 13.2. The fraction of sp³-hybridized carbons (Fsp3) is 0.273. The zero-order valence-electron chi connectivity index (χ0n) is 17.0. The van der Waals surface area contributed by atoms with Crippen molar-refractivity contribution in [1.29, 1.82) is 0 Å². The van der Waals surface area contributed by atoms with Gasteiger partial charge in [0, 0.05) is 59.2 Å². The van der Waals surface area contributed by atoms with E-state index >= 15 is 0 Å². The molecular formula is C22H25N5O2S. The molecular weight excluding hydrogens is 398 g/mol. The number of nitrogens with one attached hydrogen (secondary N) is 1. The van der Waals surface area contributed by atoms with Crippen LogP contribution in [0, 0.1) is 0 Å². The van der Waals surface area contributed by atoms with Crippen LogP contribution in [0.4, 0.5) is 4.79 Å². The van der Waals surface area contributed by atoms with E-state index < -0.39 is 9.52 Å². The van der Waals surface area contributed by atoms with E-state index in [-0.39, 0.29) is 6.03 Å². The number of carbonyl (C=O) groups is 1. The lowest BCUT2D eigenvalue weighted by molar-refractivity contribution is 0.198. The molecule has 1 unspecified atom stereocenters. The number of benzene rings is 1. The number of hydrogen-bond donors (Lipinski definition) is 1. The highest BCUT2D eigenvalue weighted by atomic mass is 32.2. The summed E-state index contributed by atoms with van der Waals surface area (Å²) in [5.74, 6) is 3.95. The van der Waals surface area contributed by atoms with Crippen LogP contribution in [-0.4, -0.2) is 35.8 Å². The summed E-state index contributed by atoms with van der Waals surface area (Å²) in [5, 5.41) is 7.21. The zero-order chi connectivity index (χ0) is 21.1. The number of rotatable bonds is 6. The molecule has 1 atom stereocenters. The molecule has 2 aromatic heterocycles. The molecule has 1 aliphatic rings. The van der Waals surface area contributed by atoms with E-state index in [2.05, 4.69) is 28.2 Å². The fourth-order valence-corrected chi connectivity index (χ4v) is 4.84. The Hall–Kier alpha value is -3.13. The minimum absolute atomic E-state index is 0.112. The van der Waals surface area contributed by atoms with Crippen LogP contribution >= 0.6 is 0 Å². The number of nitrogens with zero attached hydrogens (tertiary/aromatic N) is 4. The highest BCUT2D eigenvalue weighted by Gasteiger charge is 2.23. The number of aromatic nitrogens is 3. The SMILES string of the molecule is C=S(=O)(c1ccc(CNC(=O)N2Cc3ccncc3C2)cc1)c1cnn(CCC)c1. The highest BCUT2D eigenvalue weighted by Crippen LogP contribution is 2.22. The molecule has 4 rings (SSSR count). The van der Waals surface area contributed by atoms with Crippen LogP contribution in [-0.2, 0) is 35.7 Å². The fourth-order valence-electron chi connectivity index (χ4n) is 3.48. The normalized spacial score (nSPS) is 14.9. The highest BCUT2D eigenvalue weighted by molar-refractivity contribution is 8.00. The van der Waals surface area contributed by atoms with Crippen molar-refractivity contribution in [2.45, 2.75) is 49.3 Å². The molecule has 3 heterocycles. The minimum Gasteiger partial charge on any atom is -0.334 e. The lowest BCUT2D eigenvalue weighted by Crippen LogP contribution is -2.35. The molecule has 0 fully saturated rings. The molecule has 1 aromatic carbocycles. The third-order valence-electron chi connectivity index (χ3n) is 5.21. The second-order valence-electron chi connectivity index (χ2n) is 7.42. The Kier molecular flexibility index (Phi) is 5.59. The number of fused-ring (bicyclic) bond motifs is 1. The first kappa shape index (κ1) is 20.2. The average Bonchev–Trinajstić information content (AvgIpc) is 3.40. The van der Waals surface area contributed by atoms with Gasteiger partial charge in [0.05, 0.1) is 11.1 Å². The molecule has 2 amide bonds. The standard InChI is InChI=1S/C22H25N5O2S/c1-3-10-27-16-21(13-25-27)30(2,29)20-6-4-17(5-7-20)11-24-22(28)26-14-18-8-9-23-12-19(18)15-26/h4-9,12-13,16H,2-3,10-11,14-15H2,1H3,(H,24,28). The summed E-state index contributed by atoms with van der Waals surface area (Å²) in [5.41, 5.74) is 3.16. The molecule has 0 saturated carbocycles. The van der Waals surface area contributed by atoms with Crippen molar-refractivity contribution >= 4 is 21.4 Å². The van der Waals surface area contributed by atoms with Crippen molar-refractivity contribution in [3.05, 3.63) is 71.8 Å². The van der Waals surface area contributed by atoms with E-state index in [0.717, 1.165) is 29.7 Å². The van der Waals surface area contributed by atoms with Gasteiger partial charge in [0.1, 0.15) is 0 Å². The summed E-state index contributed by atoms with van der Waals surface area (Å²) in [6, 6.07) is 9.21. The number of carbonyl (C=O) groups excluding carboxylic acids is 1. The maximum absolute atomic E-state index is 13.2. The van der Waals surface area contributed by atoms with Gasteiger partial charge in [-0.15, -0.1) is 0 Å². The Labute approximate surface area is 176 Å². The Morgan fingerprint density at radius 3 is 2.63 bits per heavy atom. The molecule has 1 aliphatic heterocycles. The van der Waals surface area contributed by atoms with E-state index in [9.17, 15) is 9.00 Å². The van der Waals surface area contributed by atoms with E-state index in [1.54, 1.807) is 28.2 Å². The third-order valence-corrected chi connectivity index (χ3v) is 7.21. The summed E-state index contributed by atoms with van der Waals surface area (Å²) in [6.07, 6.45) is 7.94. The second-order valence-corrected chi connectivity index (χ2v) is 9.71. The first-order valence-electron chi connectivity index (χ1n) is 9.90. The lowest BCUT2D eigenvalue weighted by atomic mass is 10.2. The van der Waals surface area contributed by atoms with Crippen LogP contribution in [0.25, 0.3) is 0 Å². The van der Waals surface area contributed by atoms with Crippen molar-refractivity contribution in [2.75, 3.05) is 0 Å². The smallest absolute Gasteiger partial charge is 0.318 e. The Balaban J connectivity index is 1.37. The molecule has 7 nitrogen and oxygen atoms in total. The predicted octanol–water partition coefficient (Wildman–Crippen LogP) is 3.05. The minimum atomic E-state index is -2.61. The average molecular weight is 424 g/mol. The van der Waals surface area contributed by atoms with E-state index in [4.69, 9.17) is 0 Å². The van der Waals surface area contributed by atoms with Crippen molar-refractivity contribution in [3.8, 4) is 0 Å². The molecule has 1 N–H and O–H groups in total. The van der Waals surface area contributed by atoms with Gasteiger partial charge in [0.2, 0.25) is 0 Å². The van der Waals surface area contributed by atoms with Gasteiger partial charge in [0.15, 0.2) is 0 Å². The van der Waals surface area contributed by atoms with Gasteiger partial charge in [-0.05, 0) is 47.2 Å². The van der Waals surface area contributed by atoms with Crippen molar-refractivity contribution < 1.29 is 9.00 Å². The van der Waals surface area contributed by atoms with Gasteiger partial charge in [-0.3, -0.25) is 13.9 Å². The zero-order valence-corrected chi connectivity index (χ0v) is 17.8. The monoisotopic (exact) mass is 423 g/mol. The van der Waals surface area contributed by atoms with Crippen LogP contribution in [0.15, 0.2) is 64.9 Å². The van der Waals surface area contributed by atoms with Crippen LogP contribution in [0.2, 0.25) is 0 Å². The summed E-state index contributed by atoms with van der Waals surface area (Å²) in [4.78, 5) is 19.6. The second kappa shape index (κ2) is 8.31. The van der Waals surface area contributed by atoms with Gasteiger partial charge >= 0.3 is 6.03 Å². The number of hydrogen-bond acceptors (Lipinski definition) is 4. The van der Waals surface area contributed by atoms with Gasteiger partial charge in [-0.1, -0.05) is 19.1 Å². The first-order valence-corrected chi connectivity index (χ1v) is 11.6. The topological polar surface area (TPSA) is 80.1 Å². The molecule has 30 heavy (non-hydrogen) atoms. The lowest BCUT2D eigenvalue weighted by Gasteiger charge is -2.16. The first-order chi connectivity index (χ1) is 14.5. The molecule has 0 bridgehead atoms. The molecule has 0 radical (unpaired) electrons. The summed E-state index contributed by atoms with van der Waals surface area (Å²) in [7, 11) is -2.61. The number of urea groups is 1. The Morgan fingerprint density at radius 2 is 1.90 bits per heavy atom.